The topological polar surface area (TPSA) is 64.6 Å². The number of nitrogens with one attached hydrogen (secondary N) is 1. The molecule has 0 bridgehead atoms. The van der Waals surface area contributed by atoms with Crippen LogP contribution < -0.4 is 10.1 Å². The zero-order chi connectivity index (χ0) is 21.5. The molecule has 5 nitrogen and oxygen atoms in total. The first-order chi connectivity index (χ1) is 14.5. The van der Waals surface area contributed by atoms with E-state index in [2.05, 4.69) is 31.8 Å². The first-order valence-electron chi connectivity index (χ1n) is 9.98. The molecule has 3 aromatic rings. The van der Waals surface area contributed by atoms with Crippen LogP contribution in [0.3, 0.4) is 0 Å². The minimum atomic E-state index is -0.326. The largest absolute Gasteiger partial charge is 0.465 e. The molecule has 0 aliphatic heterocycles. The molecule has 0 aliphatic carbocycles. The van der Waals surface area contributed by atoms with Gasteiger partial charge in [-0.1, -0.05) is 38.1 Å². The summed E-state index contributed by atoms with van der Waals surface area (Å²) in [6.07, 6.45) is 7.60. The molecule has 0 radical (unpaired) electrons. The Hall–Kier alpha value is -3.47. The average Bonchev–Trinajstić information content (AvgIpc) is 3.40. The zero-order valence-electron chi connectivity index (χ0n) is 17.6. The minimum absolute atomic E-state index is 0.183. The van der Waals surface area contributed by atoms with E-state index >= 15 is 0 Å². The molecule has 0 saturated heterocycles. The molecule has 156 valence electrons. The van der Waals surface area contributed by atoms with E-state index in [1.54, 1.807) is 24.5 Å². The van der Waals surface area contributed by atoms with Crippen molar-refractivity contribution in [3.8, 4) is 11.7 Å². The third-order valence-corrected chi connectivity index (χ3v) is 4.67. The summed E-state index contributed by atoms with van der Waals surface area (Å²) in [5.41, 5.74) is 2.17. The standard InChI is InChI=1S/C25H27NO4/c1-5-7-20(11-12-21-8-6-15-28-21)26-25(27)22-13-14-24(29-22)30-23-16-19(17(2)3)10-9-18(23)4/h5-6,8-17,20H,1,7H2,2-4H3,(H,26,27)/b12-11+. The van der Waals surface area contributed by atoms with Crippen LogP contribution in [0.5, 0.6) is 11.7 Å². The first-order valence-corrected chi connectivity index (χ1v) is 9.98. The van der Waals surface area contributed by atoms with Crippen LogP contribution >= 0.6 is 0 Å². The van der Waals surface area contributed by atoms with Gasteiger partial charge >= 0.3 is 0 Å². The second-order valence-corrected chi connectivity index (χ2v) is 7.38. The fraction of sp³-hybridized carbons (Fsp3) is 0.240. The fourth-order valence-electron chi connectivity index (χ4n) is 2.89. The van der Waals surface area contributed by atoms with E-state index in [1.807, 2.05) is 43.3 Å². The van der Waals surface area contributed by atoms with Crippen LogP contribution in [-0.2, 0) is 0 Å². The summed E-state index contributed by atoms with van der Waals surface area (Å²) >= 11 is 0. The van der Waals surface area contributed by atoms with Gasteiger partial charge in [0.05, 0.1) is 12.3 Å². The Kier molecular flexibility index (Phi) is 6.96. The Morgan fingerprint density at radius 3 is 2.77 bits per heavy atom. The van der Waals surface area contributed by atoms with Gasteiger partial charge in [-0.15, -0.1) is 6.58 Å². The van der Waals surface area contributed by atoms with Crippen molar-refractivity contribution < 1.29 is 18.4 Å². The number of carbonyl (C=O) groups excluding carboxylic acids is 1. The summed E-state index contributed by atoms with van der Waals surface area (Å²) in [4.78, 5) is 12.6. The Labute approximate surface area is 177 Å². The highest BCUT2D eigenvalue weighted by Crippen LogP contribution is 2.29. The Morgan fingerprint density at radius 1 is 1.23 bits per heavy atom. The third-order valence-electron chi connectivity index (χ3n) is 4.67. The van der Waals surface area contributed by atoms with Gasteiger partial charge < -0.3 is 18.9 Å². The maximum atomic E-state index is 12.6. The van der Waals surface area contributed by atoms with Crippen LogP contribution in [-0.4, -0.2) is 11.9 Å². The monoisotopic (exact) mass is 405 g/mol. The van der Waals surface area contributed by atoms with E-state index in [9.17, 15) is 4.79 Å². The van der Waals surface area contributed by atoms with Gasteiger partial charge in [0.25, 0.3) is 11.9 Å². The molecule has 1 N–H and O–H groups in total. The van der Waals surface area contributed by atoms with Crippen LogP contribution in [0.25, 0.3) is 6.08 Å². The van der Waals surface area contributed by atoms with Gasteiger partial charge in [0.2, 0.25) is 0 Å². The summed E-state index contributed by atoms with van der Waals surface area (Å²) in [6.45, 7) is 9.98. The van der Waals surface area contributed by atoms with Gasteiger partial charge in [-0.05, 0) is 60.7 Å². The number of rotatable bonds is 9. The lowest BCUT2D eigenvalue weighted by Crippen LogP contribution is -2.32. The third kappa shape index (κ3) is 5.54. The molecular weight excluding hydrogens is 378 g/mol. The van der Waals surface area contributed by atoms with Crippen LogP contribution in [0.2, 0.25) is 0 Å². The van der Waals surface area contributed by atoms with Crippen molar-refractivity contribution in [2.75, 3.05) is 0 Å². The number of benzene rings is 1. The van der Waals surface area contributed by atoms with E-state index in [-0.39, 0.29) is 23.7 Å². The molecule has 0 saturated carbocycles. The van der Waals surface area contributed by atoms with E-state index in [1.165, 1.54) is 5.56 Å². The second kappa shape index (κ2) is 9.83. The number of hydrogen-bond acceptors (Lipinski definition) is 4. The molecule has 1 amide bonds. The molecule has 0 aliphatic rings. The smallest absolute Gasteiger partial charge is 0.290 e. The van der Waals surface area contributed by atoms with Gasteiger partial charge in [0.15, 0.2) is 5.76 Å². The molecule has 1 aromatic carbocycles. The van der Waals surface area contributed by atoms with Crippen molar-refractivity contribution in [1.82, 2.24) is 5.32 Å². The van der Waals surface area contributed by atoms with E-state index < -0.39 is 0 Å². The van der Waals surface area contributed by atoms with Crippen LogP contribution in [0.15, 0.2) is 76.3 Å². The maximum Gasteiger partial charge on any atom is 0.290 e. The SMILES string of the molecule is C=CCC(/C=C/c1ccco1)NC(=O)c1ccc(Oc2cc(C(C)C)ccc2C)o1. The molecule has 0 spiro atoms. The Balaban J connectivity index is 1.68. The van der Waals surface area contributed by atoms with Gasteiger partial charge in [-0.2, -0.15) is 0 Å². The second-order valence-electron chi connectivity index (χ2n) is 7.38. The van der Waals surface area contributed by atoms with Crippen molar-refractivity contribution >= 4 is 12.0 Å². The summed E-state index contributed by atoms with van der Waals surface area (Å²) < 4.78 is 16.8. The Bertz CT molecular complexity index is 1010. The molecule has 30 heavy (non-hydrogen) atoms. The number of amides is 1. The quantitative estimate of drug-likeness (QED) is 0.414. The van der Waals surface area contributed by atoms with Gasteiger partial charge in [-0.25, -0.2) is 0 Å². The number of ether oxygens (including phenoxy) is 1. The minimum Gasteiger partial charge on any atom is -0.465 e. The van der Waals surface area contributed by atoms with E-state index in [0.29, 0.717) is 23.8 Å². The van der Waals surface area contributed by atoms with E-state index in [0.717, 1.165) is 5.56 Å². The van der Waals surface area contributed by atoms with Gasteiger partial charge in [0, 0.05) is 6.07 Å². The van der Waals surface area contributed by atoms with Crippen LogP contribution in [0.4, 0.5) is 0 Å². The highest BCUT2D eigenvalue weighted by Gasteiger charge is 2.16. The predicted octanol–water partition coefficient (Wildman–Crippen LogP) is 6.48. The number of hydrogen-bond donors (Lipinski definition) is 1. The van der Waals surface area contributed by atoms with E-state index in [4.69, 9.17) is 13.6 Å². The molecule has 5 heteroatoms. The predicted molar refractivity (Wildman–Crippen MR) is 118 cm³/mol. The lowest BCUT2D eigenvalue weighted by Gasteiger charge is -2.12. The highest BCUT2D eigenvalue weighted by molar-refractivity contribution is 5.92. The number of furan rings is 2. The van der Waals surface area contributed by atoms with Gasteiger partial charge in [0.1, 0.15) is 11.5 Å². The summed E-state index contributed by atoms with van der Waals surface area (Å²) in [7, 11) is 0. The summed E-state index contributed by atoms with van der Waals surface area (Å²) in [6, 6.07) is 12.8. The maximum absolute atomic E-state index is 12.6. The lowest BCUT2D eigenvalue weighted by atomic mass is 10.0. The lowest BCUT2D eigenvalue weighted by molar-refractivity contribution is 0.0912. The van der Waals surface area contributed by atoms with Crippen LogP contribution in [0.1, 0.15) is 53.6 Å². The molecule has 1 unspecified atom stereocenters. The first kappa shape index (κ1) is 21.2. The molecule has 2 aromatic heterocycles. The number of aryl methyl sites for hydroxylation is 1. The molecule has 3 rings (SSSR count). The molecule has 1 atom stereocenters. The van der Waals surface area contributed by atoms with Crippen molar-refractivity contribution in [1.29, 1.82) is 0 Å². The van der Waals surface area contributed by atoms with Crippen molar-refractivity contribution in [3.63, 3.8) is 0 Å². The summed E-state index contributed by atoms with van der Waals surface area (Å²) in [5, 5.41) is 2.92. The highest BCUT2D eigenvalue weighted by atomic mass is 16.6. The number of carbonyl (C=O) groups is 1. The normalized spacial score (nSPS) is 12.3. The molecule has 0 fully saturated rings. The fourth-order valence-corrected chi connectivity index (χ4v) is 2.89. The van der Waals surface area contributed by atoms with Crippen molar-refractivity contribution in [3.05, 3.63) is 90.1 Å². The average molecular weight is 405 g/mol. The van der Waals surface area contributed by atoms with Crippen molar-refractivity contribution in [2.24, 2.45) is 0 Å². The zero-order valence-corrected chi connectivity index (χ0v) is 17.6. The van der Waals surface area contributed by atoms with Gasteiger partial charge in [-0.3, -0.25) is 4.79 Å². The van der Waals surface area contributed by atoms with Crippen LogP contribution in [0, 0.1) is 6.92 Å². The summed E-state index contributed by atoms with van der Waals surface area (Å²) in [5.74, 6) is 1.95. The Morgan fingerprint density at radius 2 is 2.07 bits per heavy atom. The molecular formula is C25H27NO4. The van der Waals surface area contributed by atoms with Crippen molar-refractivity contribution in [2.45, 2.75) is 39.2 Å². The molecule has 2 heterocycles.